The highest BCUT2D eigenvalue weighted by atomic mass is 14.4. The number of rotatable bonds is 4. The Morgan fingerprint density at radius 1 is 0.250 bits per heavy atom. The first-order chi connectivity index (χ1) is 31.3. The predicted octanol–water partition coefficient (Wildman–Crippen LogP) is 17.6. The van der Waals surface area contributed by atoms with Crippen LogP contribution in [0.15, 0.2) is 206 Å². The maximum Gasteiger partial charge on any atom is 0.0159 e. The van der Waals surface area contributed by atoms with Gasteiger partial charge >= 0.3 is 0 Å². The van der Waals surface area contributed by atoms with Crippen molar-refractivity contribution >= 4 is 43.1 Å². The Bertz CT molecular complexity index is 3750. The van der Waals surface area contributed by atoms with Crippen LogP contribution in [0.5, 0.6) is 0 Å². The molecule has 64 heavy (non-hydrogen) atoms. The third-order valence-electron chi connectivity index (χ3n) is 15.1. The van der Waals surface area contributed by atoms with Gasteiger partial charge in [0.05, 0.1) is 0 Å². The molecule has 0 fully saturated rings. The molecule has 0 aliphatic heterocycles. The number of hydrogen-bond acceptors (Lipinski definition) is 0. The van der Waals surface area contributed by atoms with E-state index in [0.717, 1.165) is 0 Å². The standard InChI is InChI=1S/C64H46/c1-63(2)56-35-42(39-15-7-5-8-16-39)24-28-48(56)50-30-26-44(37-58(50)63)60-52-21-13-14-22-53(52)61(62-54-32-23-41-19-11-12-20-46(41)47(54)33-34-55(60)62)45-27-31-51-49-29-25-43(40-17-9-6-10-18-40)36-57(49)64(3,4)59(51)38-45/h5-38H,1-4H3. The summed E-state index contributed by atoms with van der Waals surface area (Å²) in [6.07, 6.45) is 0. The van der Waals surface area contributed by atoms with Gasteiger partial charge in [0.2, 0.25) is 0 Å². The molecule has 2 aliphatic carbocycles. The van der Waals surface area contributed by atoms with Crippen molar-refractivity contribution < 1.29 is 0 Å². The van der Waals surface area contributed by atoms with Crippen molar-refractivity contribution in [2.75, 3.05) is 0 Å². The molecule has 0 amide bonds. The van der Waals surface area contributed by atoms with Crippen molar-refractivity contribution in [3.05, 3.63) is 229 Å². The summed E-state index contributed by atoms with van der Waals surface area (Å²) in [6.45, 7) is 9.63. The van der Waals surface area contributed by atoms with E-state index in [-0.39, 0.29) is 10.8 Å². The van der Waals surface area contributed by atoms with E-state index < -0.39 is 0 Å². The van der Waals surface area contributed by atoms with E-state index in [2.05, 4.69) is 234 Å². The Labute approximate surface area is 375 Å². The fourth-order valence-electron chi connectivity index (χ4n) is 11.8. The zero-order valence-electron chi connectivity index (χ0n) is 36.6. The Morgan fingerprint density at radius 2 is 0.641 bits per heavy atom. The molecule has 11 aromatic rings. The molecule has 0 heterocycles. The summed E-state index contributed by atoms with van der Waals surface area (Å²) in [7, 11) is 0. The van der Waals surface area contributed by atoms with Gasteiger partial charge < -0.3 is 0 Å². The van der Waals surface area contributed by atoms with Gasteiger partial charge in [-0.1, -0.05) is 210 Å². The van der Waals surface area contributed by atoms with Crippen LogP contribution >= 0.6 is 0 Å². The zero-order chi connectivity index (χ0) is 42.9. The van der Waals surface area contributed by atoms with E-state index in [1.807, 2.05) is 0 Å². The van der Waals surface area contributed by atoms with Gasteiger partial charge in [0.25, 0.3) is 0 Å². The maximum atomic E-state index is 2.52. The summed E-state index contributed by atoms with van der Waals surface area (Å²) >= 11 is 0. The van der Waals surface area contributed by atoms with Gasteiger partial charge in [-0.05, 0) is 156 Å². The molecule has 0 unspecified atom stereocenters. The van der Waals surface area contributed by atoms with Crippen molar-refractivity contribution in [3.8, 4) is 66.8 Å². The van der Waals surface area contributed by atoms with Crippen LogP contribution in [0.4, 0.5) is 0 Å². The van der Waals surface area contributed by atoms with Crippen LogP contribution in [-0.2, 0) is 10.8 Å². The zero-order valence-corrected chi connectivity index (χ0v) is 36.6. The van der Waals surface area contributed by atoms with Gasteiger partial charge in [-0.3, -0.25) is 0 Å². The molecule has 0 aromatic heterocycles. The summed E-state index contributed by atoms with van der Waals surface area (Å²) < 4.78 is 0. The molecule has 302 valence electrons. The van der Waals surface area contributed by atoms with Crippen LogP contribution in [-0.4, -0.2) is 0 Å². The molecule has 0 bridgehead atoms. The molecule has 0 heteroatoms. The highest BCUT2D eigenvalue weighted by molar-refractivity contribution is 6.30. The van der Waals surface area contributed by atoms with Gasteiger partial charge in [-0.15, -0.1) is 0 Å². The Hall–Kier alpha value is -7.54. The van der Waals surface area contributed by atoms with E-state index in [0.29, 0.717) is 0 Å². The summed E-state index contributed by atoms with van der Waals surface area (Å²) in [5, 5.41) is 10.3. The first-order valence-corrected chi connectivity index (χ1v) is 22.7. The van der Waals surface area contributed by atoms with E-state index >= 15 is 0 Å². The second kappa shape index (κ2) is 13.5. The molecular formula is C64H46. The summed E-state index contributed by atoms with van der Waals surface area (Å²) in [4.78, 5) is 0. The molecule has 0 N–H and O–H groups in total. The van der Waals surface area contributed by atoms with Crippen molar-refractivity contribution in [2.24, 2.45) is 0 Å². The third kappa shape index (κ3) is 5.23. The monoisotopic (exact) mass is 814 g/mol. The summed E-state index contributed by atoms with van der Waals surface area (Å²) in [6, 6.07) is 77.9. The normalized spacial score (nSPS) is 14.2. The van der Waals surface area contributed by atoms with Crippen molar-refractivity contribution in [1.82, 2.24) is 0 Å². The van der Waals surface area contributed by atoms with Crippen molar-refractivity contribution in [2.45, 2.75) is 38.5 Å². The van der Waals surface area contributed by atoms with Crippen LogP contribution in [0.3, 0.4) is 0 Å². The molecule has 13 rings (SSSR count). The van der Waals surface area contributed by atoms with Gasteiger partial charge in [0.15, 0.2) is 0 Å². The largest absolute Gasteiger partial charge is 0.0622 e. The molecule has 0 saturated heterocycles. The number of fused-ring (bicyclic) bond motifs is 12. The van der Waals surface area contributed by atoms with Crippen molar-refractivity contribution in [1.29, 1.82) is 0 Å². The van der Waals surface area contributed by atoms with Gasteiger partial charge in [0, 0.05) is 10.8 Å². The van der Waals surface area contributed by atoms with E-state index in [9.17, 15) is 0 Å². The molecule has 0 spiro atoms. The third-order valence-corrected chi connectivity index (χ3v) is 15.1. The van der Waals surface area contributed by atoms with Gasteiger partial charge in [-0.2, -0.15) is 0 Å². The lowest BCUT2D eigenvalue weighted by Crippen LogP contribution is -2.15. The smallest absolute Gasteiger partial charge is 0.0159 e. The van der Waals surface area contributed by atoms with Crippen LogP contribution in [0.25, 0.3) is 110 Å². The van der Waals surface area contributed by atoms with E-state index in [1.165, 1.54) is 132 Å². The SMILES string of the molecule is CC1(C)c2cc(-c3ccccc3)ccc2-c2ccc(-c3c4ccccc4c(-c4ccc5c(c4)C(C)(C)c4cc(-c6ccccc6)ccc4-5)c4c3ccc3c5ccccc5ccc34)cc21. The highest BCUT2D eigenvalue weighted by Crippen LogP contribution is 2.55. The molecular weight excluding hydrogens is 769 g/mol. The molecule has 0 saturated carbocycles. The Balaban J connectivity index is 1.05. The molecule has 0 nitrogen and oxygen atoms in total. The van der Waals surface area contributed by atoms with E-state index in [1.54, 1.807) is 0 Å². The number of benzene rings is 11. The lowest BCUT2D eigenvalue weighted by atomic mass is 9.78. The predicted molar refractivity (Wildman–Crippen MR) is 273 cm³/mol. The summed E-state index contributed by atoms with van der Waals surface area (Å²) in [5.41, 5.74) is 20.7. The first-order valence-electron chi connectivity index (χ1n) is 22.7. The van der Waals surface area contributed by atoms with Crippen molar-refractivity contribution in [3.63, 3.8) is 0 Å². The Morgan fingerprint density at radius 3 is 1.17 bits per heavy atom. The average molecular weight is 815 g/mol. The van der Waals surface area contributed by atoms with E-state index in [4.69, 9.17) is 0 Å². The molecule has 0 atom stereocenters. The fourth-order valence-corrected chi connectivity index (χ4v) is 11.8. The second-order valence-electron chi connectivity index (χ2n) is 19.2. The van der Waals surface area contributed by atoms with Crippen LogP contribution in [0.1, 0.15) is 49.9 Å². The molecule has 2 aliphatic rings. The lowest BCUT2D eigenvalue weighted by molar-refractivity contribution is 0.660. The summed E-state index contributed by atoms with van der Waals surface area (Å²) in [5.74, 6) is 0. The van der Waals surface area contributed by atoms with Crippen LogP contribution in [0.2, 0.25) is 0 Å². The second-order valence-corrected chi connectivity index (χ2v) is 19.2. The van der Waals surface area contributed by atoms with Crippen LogP contribution in [0, 0.1) is 0 Å². The number of hydrogen-bond donors (Lipinski definition) is 0. The highest BCUT2D eigenvalue weighted by Gasteiger charge is 2.38. The molecule has 11 aromatic carbocycles. The van der Waals surface area contributed by atoms with Gasteiger partial charge in [0.1, 0.15) is 0 Å². The van der Waals surface area contributed by atoms with Crippen LogP contribution < -0.4 is 0 Å². The topological polar surface area (TPSA) is 0 Å². The quantitative estimate of drug-likeness (QED) is 0.123. The van der Waals surface area contributed by atoms with Gasteiger partial charge in [-0.25, -0.2) is 0 Å². The lowest BCUT2D eigenvalue weighted by Gasteiger charge is -2.25. The Kier molecular flexibility index (Phi) is 7.80. The first kappa shape index (κ1) is 37.1. The average Bonchev–Trinajstić information content (AvgIpc) is 3.71. The minimum absolute atomic E-state index is 0.167. The molecule has 0 radical (unpaired) electrons. The minimum atomic E-state index is -0.175. The minimum Gasteiger partial charge on any atom is -0.0622 e. The maximum absolute atomic E-state index is 2.52. The fraction of sp³-hybridized carbons (Fsp3) is 0.0938.